The molecule has 0 aliphatic heterocycles. The highest BCUT2D eigenvalue weighted by Gasteiger charge is 2.21. The van der Waals surface area contributed by atoms with Gasteiger partial charge >= 0.3 is 0 Å². The highest BCUT2D eigenvalue weighted by Crippen LogP contribution is 2.27. The smallest absolute Gasteiger partial charge is 0.245 e. The maximum absolute atomic E-state index is 12.4. The molecule has 3 N–H and O–H groups in total. The summed E-state index contributed by atoms with van der Waals surface area (Å²) < 4.78 is 5.77. The van der Waals surface area contributed by atoms with Crippen molar-refractivity contribution in [3.63, 3.8) is 0 Å². The molecule has 3 aromatic rings. The number of oxazole rings is 1. The predicted octanol–water partition coefficient (Wildman–Crippen LogP) is 4.07. The van der Waals surface area contributed by atoms with E-state index in [1.807, 2.05) is 58.0 Å². The maximum Gasteiger partial charge on any atom is 0.245 e. The molecular formula is C20H23N3O2. The normalized spacial score (nSPS) is 13.0. The van der Waals surface area contributed by atoms with Crippen molar-refractivity contribution in [3.8, 4) is 0 Å². The van der Waals surface area contributed by atoms with E-state index >= 15 is 0 Å². The molecule has 1 aromatic heterocycles. The molecule has 0 bridgehead atoms. The number of rotatable bonds is 3. The van der Waals surface area contributed by atoms with Crippen LogP contribution in [0.3, 0.4) is 0 Å². The Balaban J connectivity index is 1.80. The highest BCUT2D eigenvalue weighted by molar-refractivity contribution is 5.96. The van der Waals surface area contributed by atoms with Crippen molar-refractivity contribution < 1.29 is 9.21 Å². The Morgan fingerprint density at radius 1 is 1.16 bits per heavy atom. The number of hydrogen-bond donors (Lipinski definition) is 2. The molecule has 5 nitrogen and oxygen atoms in total. The van der Waals surface area contributed by atoms with Gasteiger partial charge in [0.25, 0.3) is 0 Å². The number of benzene rings is 2. The van der Waals surface area contributed by atoms with Crippen LogP contribution in [0.2, 0.25) is 0 Å². The Hall–Kier alpha value is -2.66. The lowest BCUT2D eigenvalue weighted by Crippen LogP contribution is -2.27. The lowest BCUT2D eigenvalue weighted by molar-refractivity contribution is -0.117. The Morgan fingerprint density at radius 2 is 1.84 bits per heavy atom. The van der Waals surface area contributed by atoms with Gasteiger partial charge in [0.05, 0.1) is 0 Å². The third kappa shape index (κ3) is 3.72. The monoisotopic (exact) mass is 337 g/mol. The second-order valence-corrected chi connectivity index (χ2v) is 7.33. The summed E-state index contributed by atoms with van der Waals surface area (Å²) in [4.78, 5) is 16.9. The molecule has 1 unspecified atom stereocenters. The number of aromatic nitrogens is 1. The van der Waals surface area contributed by atoms with E-state index < -0.39 is 6.04 Å². The number of hydrogen-bond acceptors (Lipinski definition) is 4. The van der Waals surface area contributed by atoms with Gasteiger partial charge in [-0.3, -0.25) is 4.79 Å². The standard InChI is InChI=1S/C20H23N3O2/c1-12-5-7-13(8-6-12)17(21)18(24)22-14-9-10-16-15(11-14)23-19(25-16)20(2,3)4/h5-11,17H,21H2,1-4H3,(H,22,24). The van der Waals surface area contributed by atoms with Gasteiger partial charge in [-0.15, -0.1) is 0 Å². The summed E-state index contributed by atoms with van der Waals surface area (Å²) in [5.74, 6) is 0.407. The summed E-state index contributed by atoms with van der Waals surface area (Å²) in [6.45, 7) is 8.12. The van der Waals surface area contributed by atoms with Crippen LogP contribution in [-0.4, -0.2) is 10.9 Å². The maximum atomic E-state index is 12.4. The van der Waals surface area contributed by atoms with Gasteiger partial charge < -0.3 is 15.5 Å². The average Bonchev–Trinajstić information content (AvgIpc) is 2.98. The van der Waals surface area contributed by atoms with E-state index in [0.29, 0.717) is 22.7 Å². The van der Waals surface area contributed by atoms with Gasteiger partial charge in [0.15, 0.2) is 5.58 Å². The lowest BCUT2D eigenvalue weighted by Gasteiger charge is -2.12. The summed E-state index contributed by atoms with van der Waals surface area (Å²) in [6, 6.07) is 12.3. The molecule has 1 atom stereocenters. The van der Waals surface area contributed by atoms with Gasteiger partial charge in [0.1, 0.15) is 11.6 Å². The lowest BCUT2D eigenvalue weighted by atomic mass is 9.97. The minimum absolute atomic E-state index is 0.170. The number of carbonyl (C=O) groups is 1. The van der Waals surface area contributed by atoms with E-state index in [1.54, 1.807) is 12.1 Å². The molecule has 0 aliphatic carbocycles. The first kappa shape index (κ1) is 17.2. The molecule has 0 saturated heterocycles. The van der Waals surface area contributed by atoms with Crippen LogP contribution >= 0.6 is 0 Å². The van der Waals surface area contributed by atoms with E-state index in [9.17, 15) is 4.79 Å². The number of anilines is 1. The Morgan fingerprint density at radius 3 is 2.48 bits per heavy atom. The van der Waals surface area contributed by atoms with Crippen molar-refractivity contribution in [1.82, 2.24) is 4.98 Å². The van der Waals surface area contributed by atoms with Crippen molar-refractivity contribution in [3.05, 3.63) is 59.5 Å². The summed E-state index contributed by atoms with van der Waals surface area (Å²) >= 11 is 0. The van der Waals surface area contributed by atoms with E-state index in [1.165, 1.54) is 0 Å². The first-order valence-corrected chi connectivity index (χ1v) is 8.28. The van der Waals surface area contributed by atoms with Crippen molar-refractivity contribution in [2.24, 2.45) is 5.73 Å². The fourth-order valence-corrected chi connectivity index (χ4v) is 2.47. The molecule has 0 spiro atoms. The van der Waals surface area contributed by atoms with Crippen LogP contribution in [-0.2, 0) is 10.2 Å². The quantitative estimate of drug-likeness (QED) is 0.755. The number of nitrogens with two attached hydrogens (primary N) is 1. The fraction of sp³-hybridized carbons (Fsp3) is 0.300. The summed E-state index contributed by atoms with van der Waals surface area (Å²) in [5, 5.41) is 2.85. The van der Waals surface area contributed by atoms with Crippen LogP contribution in [0.15, 0.2) is 46.9 Å². The van der Waals surface area contributed by atoms with Crippen molar-refractivity contribution in [2.45, 2.75) is 39.2 Å². The third-order valence-electron chi connectivity index (χ3n) is 4.02. The van der Waals surface area contributed by atoms with E-state index in [-0.39, 0.29) is 11.3 Å². The number of aryl methyl sites for hydroxylation is 1. The predicted molar refractivity (Wildman–Crippen MR) is 99.4 cm³/mol. The van der Waals surface area contributed by atoms with Crippen LogP contribution < -0.4 is 11.1 Å². The average molecular weight is 337 g/mol. The fourth-order valence-electron chi connectivity index (χ4n) is 2.47. The molecule has 130 valence electrons. The van der Waals surface area contributed by atoms with Crippen molar-refractivity contribution in [2.75, 3.05) is 5.32 Å². The highest BCUT2D eigenvalue weighted by atomic mass is 16.3. The van der Waals surface area contributed by atoms with Crippen molar-refractivity contribution in [1.29, 1.82) is 0 Å². The Labute approximate surface area is 147 Å². The molecule has 0 radical (unpaired) electrons. The molecule has 2 aromatic carbocycles. The van der Waals surface area contributed by atoms with Gasteiger partial charge in [-0.1, -0.05) is 50.6 Å². The second kappa shape index (κ2) is 6.33. The van der Waals surface area contributed by atoms with Gasteiger partial charge in [-0.25, -0.2) is 4.98 Å². The molecule has 0 aliphatic rings. The van der Waals surface area contributed by atoms with Gasteiger partial charge in [-0.05, 0) is 30.7 Å². The van der Waals surface area contributed by atoms with Gasteiger partial charge in [0, 0.05) is 11.1 Å². The molecule has 0 fully saturated rings. The SMILES string of the molecule is Cc1ccc(C(N)C(=O)Nc2ccc3oc(C(C)(C)C)nc3c2)cc1. The largest absolute Gasteiger partial charge is 0.440 e. The summed E-state index contributed by atoms with van der Waals surface area (Å²) in [6.07, 6.45) is 0. The van der Waals surface area contributed by atoms with Crippen LogP contribution in [0.5, 0.6) is 0 Å². The number of amides is 1. The molecule has 1 amide bonds. The van der Waals surface area contributed by atoms with Gasteiger partial charge in [-0.2, -0.15) is 0 Å². The zero-order chi connectivity index (χ0) is 18.2. The van der Waals surface area contributed by atoms with Gasteiger partial charge in [0.2, 0.25) is 11.8 Å². The van der Waals surface area contributed by atoms with E-state index in [2.05, 4.69) is 10.3 Å². The topological polar surface area (TPSA) is 81.2 Å². The van der Waals surface area contributed by atoms with E-state index in [4.69, 9.17) is 10.2 Å². The second-order valence-electron chi connectivity index (χ2n) is 7.33. The first-order valence-electron chi connectivity index (χ1n) is 8.28. The number of carbonyl (C=O) groups excluding carboxylic acids is 1. The minimum Gasteiger partial charge on any atom is -0.440 e. The summed E-state index contributed by atoms with van der Waals surface area (Å²) in [7, 11) is 0. The molecule has 0 saturated carbocycles. The Bertz CT molecular complexity index is 905. The first-order chi connectivity index (χ1) is 11.7. The molecule has 3 rings (SSSR count). The summed E-state index contributed by atoms with van der Waals surface area (Å²) in [5.41, 5.74) is 9.86. The van der Waals surface area contributed by atoms with Crippen LogP contribution in [0, 0.1) is 6.92 Å². The third-order valence-corrected chi connectivity index (χ3v) is 4.02. The molecular weight excluding hydrogens is 314 g/mol. The van der Waals surface area contributed by atoms with Crippen LogP contribution in [0.25, 0.3) is 11.1 Å². The van der Waals surface area contributed by atoms with E-state index in [0.717, 1.165) is 11.1 Å². The number of fused-ring (bicyclic) bond motifs is 1. The zero-order valence-electron chi connectivity index (χ0n) is 15.0. The zero-order valence-corrected chi connectivity index (χ0v) is 15.0. The molecule has 1 heterocycles. The Kier molecular flexibility index (Phi) is 4.35. The molecule has 25 heavy (non-hydrogen) atoms. The number of nitrogens with zero attached hydrogens (tertiary/aromatic N) is 1. The van der Waals surface area contributed by atoms with Crippen LogP contribution in [0.4, 0.5) is 5.69 Å². The van der Waals surface area contributed by atoms with Crippen LogP contribution in [0.1, 0.15) is 43.8 Å². The van der Waals surface area contributed by atoms with Crippen molar-refractivity contribution >= 4 is 22.7 Å². The minimum atomic E-state index is -0.723. The molecule has 5 heteroatoms. The number of nitrogens with one attached hydrogen (secondary N) is 1.